The molecule has 0 radical (unpaired) electrons. The van der Waals surface area contributed by atoms with Gasteiger partial charge in [0.2, 0.25) is 15.9 Å². The highest BCUT2D eigenvalue weighted by molar-refractivity contribution is 7.89. The van der Waals surface area contributed by atoms with E-state index in [2.05, 4.69) is 26.1 Å². The standard InChI is InChI=1S/C23H36N2O5S/c1-7-16(2)20(22(27)30-6)24-21(26)17-12-14-25(15-13-17)31(28,29)19-10-8-18(9-11-19)23(3,4)5/h8-11,16-17,20H,7,12-15H2,1-6H3,(H,24,26)/t16-,20-/m0/s1. The number of carbonyl (C=O) groups is 2. The Labute approximate surface area is 186 Å². The van der Waals surface area contributed by atoms with Gasteiger partial charge in [-0.25, -0.2) is 13.2 Å². The molecular formula is C23H36N2O5S. The molecule has 1 aliphatic heterocycles. The van der Waals surface area contributed by atoms with Crippen LogP contribution in [0.2, 0.25) is 0 Å². The van der Waals surface area contributed by atoms with E-state index in [0.29, 0.717) is 12.8 Å². The number of carbonyl (C=O) groups excluding carboxylic acids is 2. The summed E-state index contributed by atoms with van der Waals surface area (Å²) in [5, 5.41) is 2.81. The smallest absolute Gasteiger partial charge is 0.328 e. The number of piperidine rings is 1. The number of sulfonamides is 1. The van der Waals surface area contributed by atoms with E-state index in [4.69, 9.17) is 4.74 Å². The lowest BCUT2D eigenvalue weighted by Crippen LogP contribution is -2.50. The van der Waals surface area contributed by atoms with Gasteiger partial charge in [0, 0.05) is 19.0 Å². The van der Waals surface area contributed by atoms with E-state index in [-0.39, 0.29) is 41.1 Å². The summed E-state index contributed by atoms with van der Waals surface area (Å²) in [5.41, 5.74) is 1.02. The monoisotopic (exact) mass is 452 g/mol. The van der Waals surface area contributed by atoms with Crippen LogP contribution in [-0.4, -0.2) is 50.8 Å². The molecule has 1 N–H and O–H groups in total. The Bertz CT molecular complexity index is 866. The normalized spacial score (nSPS) is 18.3. The van der Waals surface area contributed by atoms with Gasteiger partial charge in [-0.05, 0) is 41.9 Å². The average molecular weight is 453 g/mol. The third kappa shape index (κ3) is 6.07. The molecule has 1 aromatic rings. The van der Waals surface area contributed by atoms with Crippen molar-refractivity contribution in [3.63, 3.8) is 0 Å². The highest BCUT2D eigenvalue weighted by Gasteiger charge is 2.34. The molecule has 1 heterocycles. The molecule has 0 bridgehead atoms. The summed E-state index contributed by atoms with van der Waals surface area (Å²) in [7, 11) is -2.30. The molecule has 31 heavy (non-hydrogen) atoms. The lowest BCUT2D eigenvalue weighted by atomic mass is 9.87. The van der Waals surface area contributed by atoms with Crippen LogP contribution in [0.25, 0.3) is 0 Å². The molecular weight excluding hydrogens is 416 g/mol. The molecule has 0 spiro atoms. The third-order valence-electron chi connectivity index (χ3n) is 6.15. The Kier molecular flexibility index (Phi) is 8.27. The first-order valence-electron chi connectivity index (χ1n) is 10.9. The second-order valence-corrected chi connectivity index (χ2v) is 11.3. The van der Waals surface area contributed by atoms with E-state index >= 15 is 0 Å². The number of nitrogens with zero attached hydrogens (tertiary/aromatic N) is 1. The van der Waals surface area contributed by atoms with E-state index in [1.807, 2.05) is 26.0 Å². The summed E-state index contributed by atoms with van der Waals surface area (Å²) in [4.78, 5) is 25.0. The van der Waals surface area contributed by atoms with Crippen molar-refractivity contribution in [2.24, 2.45) is 11.8 Å². The topological polar surface area (TPSA) is 92.8 Å². The second kappa shape index (κ2) is 10.1. The number of hydrogen-bond donors (Lipinski definition) is 1. The molecule has 1 amide bonds. The number of benzene rings is 1. The number of hydrogen-bond acceptors (Lipinski definition) is 5. The fourth-order valence-electron chi connectivity index (χ4n) is 3.70. The first-order valence-corrected chi connectivity index (χ1v) is 12.3. The average Bonchev–Trinajstić information content (AvgIpc) is 2.75. The molecule has 2 atom stereocenters. The number of ether oxygens (including phenoxy) is 1. The minimum Gasteiger partial charge on any atom is -0.467 e. The molecule has 174 valence electrons. The van der Waals surface area contributed by atoms with Crippen molar-refractivity contribution in [1.82, 2.24) is 9.62 Å². The van der Waals surface area contributed by atoms with Gasteiger partial charge in [0.05, 0.1) is 12.0 Å². The molecule has 8 heteroatoms. The van der Waals surface area contributed by atoms with E-state index in [1.54, 1.807) is 12.1 Å². The number of rotatable bonds is 7. The summed E-state index contributed by atoms with van der Waals surface area (Å²) in [6.07, 6.45) is 1.56. The van der Waals surface area contributed by atoms with Gasteiger partial charge in [-0.3, -0.25) is 4.79 Å². The van der Waals surface area contributed by atoms with Gasteiger partial charge in [-0.1, -0.05) is 53.2 Å². The van der Waals surface area contributed by atoms with Crippen LogP contribution in [0.3, 0.4) is 0 Å². The van der Waals surface area contributed by atoms with Gasteiger partial charge < -0.3 is 10.1 Å². The molecule has 1 fully saturated rings. The first-order chi connectivity index (χ1) is 14.4. The van der Waals surface area contributed by atoms with Crippen LogP contribution in [0.1, 0.15) is 59.4 Å². The second-order valence-electron chi connectivity index (χ2n) is 9.35. The number of esters is 1. The van der Waals surface area contributed by atoms with Gasteiger partial charge in [0.15, 0.2) is 0 Å². The van der Waals surface area contributed by atoms with Gasteiger partial charge in [-0.2, -0.15) is 4.31 Å². The van der Waals surface area contributed by atoms with Crippen molar-refractivity contribution in [3.8, 4) is 0 Å². The zero-order valence-corrected chi connectivity index (χ0v) is 20.3. The van der Waals surface area contributed by atoms with Crippen molar-refractivity contribution in [3.05, 3.63) is 29.8 Å². The summed E-state index contributed by atoms with van der Waals surface area (Å²) >= 11 is 0. The quantitative estimate of drug-likeness (QED) is 0.642. The Morgan fingerprint density at radius 3 is 2.16 bits per heavy atom. The van der Waals surface area contributed by atoms with Crippen LogP contribution in [0.4, 0.5) is 0 Å². The minimum atomic E-state index is -3.60. The predicted molar refractivity (Wildman–Crippen MR) is 120 cm³/mol. The van der Waals surface area contributed by atoms with Crippen molar-refractivity contribution >= 4 is 21.9 Å². The van der Waals surface area contributed by atoms with E-state index in [0.717, 1.165) is 12.0 Å². The Balaban J connectivity index is 2.02. The highest BCUT2D eigenvalue weighted by atomic mass is 32.2. The fourth-order valence-corrected chi connectivity index (χ4v) is 5.17. The van der Waals surface area contributed by atoms with E-state index in [1.165, 1.54) is 11.4 Å². The molecule has 0 saturated carbocycles. The van der Waals surface area contributed by atoms with Crippen LogP contribution >= 0.6 is 0 Å². The van der Waals surface area contributed by atoms with Gasteiger partial charge in [0.25, 0.3) is 0 Å². The molecule has 1 saturated heterocycles. The van der Waals surface area contributed by atoms with Gasteiger partial charge in [0.1, 0.15) is 6.04 Å². The molecule has 1 aromatic carbocycles. The van der Waals surface area contributed by atoms with Crippen LogP contribution in [0.15, 0.2) is 29.2 Å². The van der Waals surface area contributed by atoms with E-state index in [9.17, 15) is 18.0 Å². The van der Waals surface area contributed by atoms with Gasteiger partial charge >= 0.3 is 5.97 Å². The van der Waals surface area contributed by atoms with E-state index < -0.39 is 22.0 Å². The summed E-state index contributed by atoms with van der Waals surface area (Å²) in [5.74, 6) is -1.05. The SMILES string of the molecule is CC[C@H](C)[C@H](NC(=O)C1CCN(S(=O)(=O)c2ccc(C(C)(C)C)cc2)CC1)C(=O)OC. The number of nitrogens with one attached hydrogen (secondary N) is 1. The maximum Gasteiger partial charge on any atom is 0.328 e. The van der Waals surface area contributed by atoms with Crippen LogP contribution in [0, 0.1) is 11.8 Å². The van der Waals surface area contributed by atoms with Crippen molar-refractivity contribution in [2.45, 2.75) is 70.2 Å². The molecule has 0 aromatic heterocycles. The molecule has 1 aliphatic rings. The summed E-state index contributed by atoms with van der Waals surface area (Å²) < 4.78 is 32.3. The van der Waals surface area contributed by atoms with Crippen LogP contribution in [-0.2, 0) is 29.8 Å². The fraction of sp³-hybridized carbons (Fsp3) is 0.652. The Morgan fingerprint density at radius 1 is 1.16 bits per heavy atom. The third-order valence-corrected chi connectivity index (χ3v) is 8.06. The summed E-state index contributed by atoms with van der Waals surface area (Å²) in [6, 6.07) is 6.33. The lowest BCUT2D eigenvalue weighted by molar-refractivity contribution is -0.147. The van der Waals surface area contributed by atoms with Crippen molar-refractivity contribution in [2.75, 3.05) is 20.2 Å². The highest BCUT2D eigenvalue weighted by Crippen LogP contribution is 2.27. The lowest BCUT2D eigenvalue weighted by Gasteiger charge is -2.32. The summed E-state index contributed by atoms with van der Waals surface area (Å²) in [6.45, 7) is 10.6. The maximum absolute atomic E-state index is 13.0. The maximum atomic E-state index is 13.0. The Morgan fingerprint density at radius 2 is 1.71 bits per heavy atom. The van der Waals surface area contributed by atoms with Crippen LogP contribution < -0.4 is 5.32 Å². The first kappa shape index (κ1) is 25.3. The number of methoxy groups -OCH3 is 1. The van der Waals surface area contributed by atoms with Crippen molar-refractivity contribution < 1.29 is 22.7 Å². The minimum absolute atomic E-state index is 0.0482. The Hall–Kier alpha value is -1.93. The zero-order chi connectivity index (χ0) is 23.4. The van der Waals surface area contributed by atoms with Gasteiger partial charge in [-0.15, -0.1) is 0 Å². The zero-order valence-electron chi connectivity index (χ0n) is 19.5. The molecule has 0 aliphatic carbocycles. The molecule has 0 unspecified atom stereocenters. The number of amides is 1. The largest absolute Gasteiger partial charge is 0.467 e. The predicted octanol–water partition coefficient (Wildman–Crippen LogP) is 3.09. The molecule has 7 nitrogen and oxygen atoms in total. The van der Waals surface area contributed by atoms with Crippen LogP contribution in [0.5, 0.6) is 0 Å². The van der Waals surface area contributed by atoms with Crippen molar-refractivity contribution in [1.29, 1.82) is 0 Å². The molecule has 2 rings (SSSR count).